The number of primary amides is 1. The highest BCUT2D eigenvalue weighted by atomic mass is 19.2. The topological polar surface area (TPSA) is 64.3 Å². The molecule has 1 aromatic rings. The van der Waals surface area contributed by atoms with Crippen LogP contribution in [0, 0.1) is 11.6 Å². The number of nitrogens with one attached hydrogen (secondary N) is 1. The molecule has 0 aliphatic rings. The maximum Gasteiger partial charge on any atom is 0.238 e. The molecule has 1 amide bonds. The average Bonchev–Trinajstić information content (AvgIpc) is 2.28. The number of benzene rings is 1. The SMILES string of the molecule is CC(C)NC(COc1cccc(F)c1F)C(N)=O. The zero-order valence-electron chi connectivity index (χ0n) is 10.2. The van der Waals surface area contributed by atoms with Crippen molar-refractivity contribution in [3.05, 3.63) is 29.8 Å². The molecule has 3 N–H and O–H groups in total. The number of rotatable bonds is 6. The lowest BCUT2D eigenvalue weighted by molar-refractivity contribution is -0.120. The summed E-state index contributed by atoms with van der Waals surface area (Å²) in [5, 5.41) is 2.87. The fourth-order valence-electron chi connectivity index (χ4n) is 1.38. The zero-order chi connectivity index (χ0) is 13.7. The summed E-state index contributed by atoms with van der Waals surface area (Å²) < 4.78 is 31.3. The molecular weight excluding hydrogens is 242 g/mol. The summed E-state index contributed by atoms with van der Waals surface area (Å²) in [6.45, 7) is 3.51. The zero-order valence-corrected chi connectivity index (χ0v) is 10.2. The van der Waals surface area contributed by atoms with Crippen molar-refractivity contribution in [2.24, 2.45) is 5.73 Å². The molecule has 0 fully saturated rings. The van der Waals surface area contributed by atoms with Gasteiger partial charge in [-0.1, -0.05) is 19.9 Å². The number of nitrogens with two attached hydrogens (primary N) is 1. The van der Waals surface area contributed by atoms with Crippen molar-refractivity contribution in [2.75, 3.05) is 6.61 Å². The normalized spacial score (nSPS) is 12.5. The van der Waals surface area contributed by atoms with Crippen LogP contribution in [-0.4, -0.2) is 24.6 Å². The molecule has 0 saturated carbocycles. The van der Waals surface area contributed by atoms with Crippen LogP contribution in [0.15, 0.2) is 18.2 Å². The van der Waals surface area contributed by atoms with Gasteiger partial charge in [-0.15, -0.1) is 0 Å². The number of ether oxygens (including phenoxy) is 1. The molecule has 1 atom stereocenters. The third kappa shape index (κ3) is 3.96. The van der Waals surface area contributed by atoms with Crippen LogP contribution in [0.3, 0.4) is 0 Å². The van der Waals surface area contributed by atoms with E-state index in [0.717, 1.165) is 6.07 Å². The summed E-state index contributed by atoms with van der Waals surface area (Å²) in [4.78, 5) is 11.1. The maximum absolute atomic E-state index is 13.3. The molecule has 6 heteroatoms. The Morgan fingerprint density at radius 1 is 1.44 bits per heavy atom. The number of hydrogen-bond acceptors (Lipinski definition) is 3. The number of amides is 1. The molecule has 0 radical (unpaired) electrons. The maximum atomic E-state index is 13.3. The Kier molecular flexibility index (Phi) is 5.03. The van der Waals surface area contributed by atoms with Crippen LogP contribution in [0.2, 0.25) is 0 Å². The second-order valence-corrected chi connectivity index (χ2v) is 4.14. The fourth-order valence-corrected chi connectivity index (χ4v) is 1.38. The summed E-state index contributed by atoms with van der Waals surface area (Å²) in [6, 6.07) is 2.85. The van der Waals surface area contributed by atoms with Gasteiger partial charge in [0.05, 0.1) is 0 Å². The summed E-state index contributed by atoms with van der Waals surface area (Å²) in [5.74, 6) is -2.93. The fraction of sp³-hybridized carbons (Fsp3) is 0.417. The van der Waals surface area contributed by atoms with Gasteiger partial charge in [0.15, 0.2) is 11.6 Å². The lowest BCUT2D eigenvalue weighted by Gasteiger charge is -2.18. The van der Waals surface area contributed by atoms with Crippen molar-refractivity contribution >= 4 is 5.91 Å². The van der Waals surface area contributed by atoms with E-state index in [-0.39, 0.29) is 18.4 Å². The Bertz CT molecular complexity index is 425. The van der Waals surface area contributed by atoms with Crippen molar-refractivity contribution in [3.63, 3.8) is 0 Å². The van der Waals surface area contributed by atoms with Crippen LogP contribution in [-0.2, 0) is 4.79 Å². The molecule has 4 nitrogen and oxygen atoms in total. The second kappa shape index (κ2) is 6.30. The van der Waals surface area contributed by atoms with E-state index in [1.165, 1.54) is 12.1 Å². The van der Waals surface area contributed by atoms with Gasteiger partial charge >= 0.3 is 0 Å². The van der Waals surface area contributed by atoms with Crippen LogP contribution in [0.25, 0.3) is 0 Å². The molecule has 1 rings (SSSR count). The first-order valence-electron chi connectivity index (χ1n) is 5.54. The van der Waals surface area contributed by atoms with Gasteiger partial charge in [0, 0.05) is 6.04 Å². The number of hydrogen-bond donors (Lipinski definition) is 2. The highest BCUT2D eigenvalue weighted by Crippen LogP contribution is 2.19. The Balaban J connectivity index is 2.67. The number of halogens is 2. The Morgan fingerprint density at radius 3 is 2.67 bits per heavy atom. The quantitative estimate of drug-likeness (QED) is 0.805. The predicted molar refractivity (Wildman–Crippen MR) is 63.1 cm³/mol. The minimum atomic E-state index is -1.08. The first-order chi connectivity index (χ1) is 8.41. The van der Waals surface area contributed by atoms with E-state index in [1.807, 2.05) is 13.8 Å². The molecule has 0 heterocycles. The third-order valence-electron chi connectivity index (χ3n) is 2.20. The number of carbonyl (C=O) groups excluding carboxylic acids is 1. The van der Waals surface area contributed by atoms with E-state index in [0.29, 0.717) is 0 Å². The summed E-state index contributed by atoms with van der Waals surface area (Å²) >= 11 is 0. The van der Waals surface area contributed by atoms with Crippen molar-refractivity contribution in [1.82, 2.24) is 5.32 Å². The van der Waals surface area contributed by atoms with Gasteiger partial charge in [0.25, 0.3) is 0 Å². The highest BCUT2D eigenvalue weighted by Gasteiger charge is 2.18. The minimum Gasteiger partial charge on any atom is -0.488 e. The Hall–Kier alpha value is -1.69. The molecule has 1 aromatic carbocycles. The van der Waals surface area contributed by atoms with Gasteiger partial charge in [-0.05, 0) is 12.1 Å². The predicted octanol–water partition coefficient (Wildman–Crippen LogP) is 1.20. The Labute approximate surface area is 104 Å². The minimum absolute atomic E-state index is 0.0171. The van der Waals surface area contributed by atoms with Crippen molar-refractivity contribution in [3.8, 4) is 5.75 Å². The molecule has 0 spiro atoms. The summed E-state index contributed by atoms with van der Waals surface area (Å²) in [5.41, 5.74) is 5.17. The van der Waals surface area contributed by atoms with Gasteiger partial charge in [-0.25, -0.2) is 4.39 Å². The van der Waals surface area contributed by atoms with E-state index in [9.17, 15) is 13.6 Å². The van der Waals surface area contributed by atoms with Gasteiger partial charge < -0.3 is 15.8 Å². The van der Waals surface area contributed by atoms with E-state index >= 15 is 0 Å². The molecule has 1 unspecified atom stereocenters. The van der Waals surface area contributed by atoms with E-state index in [2.05, 4.69) is 5.32 Å². The van der Waals surface area contributed by atoms with Crippen LogP contribution in [0.1, 0.15) is 13.8 Å². The molecule has 0 aliphatic carbocycles. The first-order valence-corrected chi connectivity index (χ1v) is 5.54. The molecule has 0 saturated heterocycles. The summed E-state index contributed by atoms with van der Waals surface area (Å²) in [7, 11) is 0. The molecule has 18 heavy (non-hydrogen) atoms. The van der Waals surface area contributed by atoms with Gasteiger partial charge in [0.1, 0.15) is 12.6 Å². The number of carbonyl (C=O) groups is 1. The molecule has 0 bridgehead atoms. The Morgan fingerprint density at radius 2 is 2.11 bits per heavy atom. The van der Waals surface area contributed by atoms with E-state index in [1.54, 1.807) is 0 Å². The van der Waals surface area contributed by atoms with Gasteiger partial charge in [0.2, 0.25) is 11.7 Å². The highest BCUT2D eigenvalue weighted by molar-refractivity contribution is 5.80. The first kappa shape index (κ1) is 14.4. The lowest BCUT2D eigenvalue weighted by Crippen LogP contribution is -2.48. The third-order valence-corrected chi connectivity index (χ3v) is 2.20. The van der Waals surface area contributed by atoms with Crippen LogP contribution < -0.4 is 15.8 Å². The lowest BCUT2D eigenvalue weighted by atomic mass is 10.2. The van der Waals surface area contributed by atoms with Crippen molar-refractivity contribution in [1.29, 1.82) is 0 Å². The standard InChI is InChI=1S/C12H16F2N2O2/c1-7(2)16-9(12(15)17)6-18-10-5-3-4-8(13)11(10)14/h3-5,7,9,16H,6H2,1-2H3,(H2,15,17). The monoisotopic (exact) mass is 258 g/mol. The molecule has 100 valence electrons. The molecular formula is C12H16F2N2O2. The molecule has 0 aromatic heterocycles. The van der Waals surface area contributed by atoms with Crippen LogP contribution >= 0.6 is 0 Å². The smallest absolute Gasteiger partial charge is 0.238 e. The van der Waals surface area contributed by atoms with Crippen molar-refractivity contribution < 1.29 is 18.3 Å². The van der Waals surface area contributed by atoms with Gasteiger partial charge in [-0.3, -0.25) is 4.79 Å². The van der Waals surface area contributed by atoms with Gasteiger partial charge in [-0.2, -0.15) is 4.39 Å². The average molecular weight is 258 g/mol. The van der Waals surface area contributed by atoms with Crippen molar-refractivity contribution in [2.45, 2.75) is 25.9 Å². The van der Waals surface area contributed by atoms with E-state index in [4.69, 9.17) is 10.5 Å². The van der Waals surface area contributed by atoms with E-state index < -0.39 is 23.6 Å². The van der Waals surface area contributed by atoms with Crippen LogP contribution in [0.5, 0.6) is 5.75 Å². The summed E-state index contributed by atoms with van der Waals surface area (Å²) in [6.07, 6.45) is 0. The largest absolute Gasteiger partial charge is 0.488 e. The second-order valence-electron chi connectivity index (χ2n) is 4.14. The van der Waals surface area contributed by atoms with Crippen LogP contribution in [0.4, 0.5) is 8.78 Å². The molecule has 0 aliphatic heterocycles.